The zero-order chi connectivity index (χ0) is 15.5. The second kappa shape index (κ2) is 7.42. The summed E-state index contributed by atoms with van der Waals surface area (Å²) in [6.07, 6.45) is 3.32. The fourth-order valence-corrected chi connectivity index (χ4v) is 5.05. The van der Waals surface area contributed by atoms with Gasteiger partial charge in [0.05, 0.1) is 5.02 Å². The molecule has 2 rings (SSSR count). The lowest BCUT2D eigenvalue weighted by Gasteiger charge is -2.29. The minimum absolute atomic E-state index is 0.171. The van der Waals surface area contributed by atoms with Gasteiger partial charge in [-0.2, -0.15) is 4.31 Å². The summed E-state index contributed by atoms with van der Waals surface area (Å²) in [6.45, 7) is 3.74. The molecule has 0 amide bonds. The molecule has 1 unspecified atom stereocenters. The normalized spacial score (nSPS) is 19.9. The number of hydrogen-bond donors (Lipinski definition) is 1. The van der Waals surface area contributed by atoms with E-state index in [9.17, 15) is 8.42 Å². The van der Waals surface area contributed by atoms with Crippen molar-refractivity contribution >= 4 is 37.6 Å². The Bertz CT molecular complexity index is 589. The van der Waals surface area contributed by atoms with E-state index in [-0.39, 0.29) is 16.0 Å². The van der Waals surface area contributed by atoms with Gasteiger partial charge in [0.1, 0.15) is 4.90 Å². The van der Waals surface area contributed by atoms with Crippen LogP contribution in [0, 0.1) is 0 Å². The topological polar surface area (TPSA) is 49.4 Å². The van der Waals surface area contributed by atoms with E-state index in [1.165, 1.54) is 4.31 Å². The molecule has 0 bridgehead atoms. The van der Waals surface area contributed by atoms with Crippen LogP contribution in [0.1, 0.15) is 26.2 Å². The summed E-state index contributed by atoms with van der Waals surface area (Å²) in [5.74, 6) is 0. The van der Waals surface area contributed by atoms with Gasteiger partial charge in [0.25, 0.3) is 0 Å². The average Bonchev–Trinajstić information content (AvgIpc) is 2.45. The maximum atomic E-state index is 12.8. The Morgan fingerprint density at radius 1 is 1.43 bits per heavy atom. The Balaban J connectivity index is 2.22. The Labute approximate surface area is 140 Å². The molecule has 7 heteroatoms. The van der Waals surface area contributed by atoms with Crippen molar-refractivity contribution in [2.24, 2.45) is 0 Å². The maximum absolute atomic E-state index is 12.8. The van der Waals surface area contributed by atoms with Crippen LogP contribution in [0.5, 0.6) is 0 Å². The molecule has 0 aliphatic carbocycles. The van der Waals surface area contributed by atoms with Gasteiger partial charge >= 0.3 is 0 Å². The van der Waals surface area contributed by atoms with E-state index in [2.05, 4.69) is 21.2 Å². The van der Waals surface area contributed by atoms with E-state index in [1.807, 2.05) is 6.92 Å². The van der Waals surface area contributed by atoms with Crippen LogP contribution in [-0.4, -0.2) is 38.4 Å². The molecule has 0 spiro atoms. The standard InChI is InChI=1S/C14H20BrClN2O2S/c1-2-18(10-12-5-3-4-8-17-12)21(19,20)14-7-6-11(15)9-13(14)16/h6-7,9,12,17H,2-5,8,10H2,1H3. The quantitative estimate of drug-likeness (QED) is 0.832. The van der Waals surface area contributed by atoms with Gasteiger partial charge in [-0.25, -0.2) is 8.42 Å². The fourth-order valence-electron chi connectivity index (χ4n) is 2.55. The Morgan fingerprint density at radius 3 is 2.76 bits per heavy atom. The van der Waals surface area contributed by atoms with Crippen molar-refractivity contribution in [2.45, 2.75) is 37.1 Å². The molecule has 21 heavy (non-hydrogen) atoms. The van der Waals surface area contributed by atoms with Crippen LogP contribution in [0.3, 0.4) is 0 Å². The number of piperidine rings is 1. The first-order valence-electron chi connectivity index (χ1n) is 7.13. The summed E-state index contributed by atoms with van der Waals surface area (Å²) >= 11 is 9.40. The van der Waals surface area contributed by atoms with Crippen LogP contribution in [-0.2, 0) is 10.0 Å². The molecule has 1 aliphatic heterocycles. The van der Waals surface area contributed by atoms with Crippen LogP contribution in [0.15, 0.2) is 27.6 Å². The van der Waals surface area contributed by atoms with Gasteiger partial charge in [0, 0.05) is 23.6 Å². The Morgan fingerprint density at radius 2 is 2.19 bits per heavy atom. The Kier molecular flexibility index (Phi) is 6.08. The average molecular weight is 396 g/mol. The summed E-state index contributed by atoms with van der Waals surface area (Å²) in [4.78, 5) is 0.171. The van der Waals surface area contributed by atoms with Gasteiger partial charge in [-0.15, -0.1) is 0 Å². The molecule has 1 N–H and O–H groups in total. The molecular formula is C14H20BrClN2O2S. The predicted octanol–water partition coefficient (Wildman–Crippen LogP) is 3.26. The molecule has 0 radical (unpaired) electrons. The van der Waals surface area contributed by atoms with E-state index in [0.717, 1.165) is 30.3 Å². The van der Waals surface area contributed by atoms with Gasteiger partial charge in [0.2, 0.25) is 10.0 Å². The largest absolute Gasteiger partial charge is 0.313 e. The molecule has 1 aromatic carbocycles. The third kappa shape index (κ3) is 4.20. The number of hydrogen-bond acceptors (Lipinski definition) is 3. The monoisotopic (exact) mass is 394 g/mol. The predicted molar refractivity (Wildman–Crippen MR) is 89.2 cm³/mol. The van der Waals surface area contributed by atoms with Gasteiger partial charge < -0.3 is 5.32 Å². The molecule has 0 saturated carbocycles. The molecule has 1 heterocycles. The van der Waals surface area contributed by atoms with Gasteiger partial charge in [-0.3, -0.25) is 0 Å². The second-order valence-electron chi connectivity index (χ2n) is 5.18. The van der Waals surface area contributed by atoms with Gasteiger partial charge in [0.15, 0.2) is 0 Å². The van der Waals surface area contributed by atoms with Crippen LogP contribution in [0.4, 0.5) is 0 Å². The highest BCUT2D eigenvalue weighted by molar-refractivity contribution is 9.10. The van der Waals surface area contributed by atoms with E-state index in [4.69, 9.17) is 11.6 Å². The van der Waals surface area contributed by atoms with Crippen molar-refractivity contribution < 1.29 is 8.42 Å². The highest BCUT2D eigenvalue weighted by Gasteiger charge is 2.28. The highest BCUT2D eigenvalue weighted by atomic mass is 79.9. The van der Waals surface area contributed by atoms with Gasteiger partial charge in [-0.1, -0.05) is 40.9 Å². The fraction of sp³-hybridized carbons (Fsp3) is 0.571. The number of likely N-dealkylation sites (N-methyl/N-ethyl adjacent to an activating group) is 1. The molecule has 1 saturated heterocycles. The lowest BCUT2D eigenvalue weighted by atomic mass is 10.1. The maximum Gasteiger partial charge on any atom is 0.244 e. The van der Waals surface area contributed by atoms with E-state index >= 15 is 0 Å². The lowest BCUT2D eigenvalue weighted by Crippen LogP contribution is -2.45. The molecule has 1 fully saturated rings. The molecule has 118 valence electrons. The van der Waals surface area contributed by atoms with Crippen LogP contribution in [0.2, 0.25) is 5.02 Å². The molecule has 1 aliphatic rings. The minimum atomic E-state index is -3.56. The smallest absolute Gasteiger partial charge is 0.244 e. The first kappa shape index (κ1) is 17.2. The number of nitrogens with zero attached hydrogens (tertiary/aromatic N) is 1. The summed E-state index contributed by atoms with van der Waals surface area (Å²) in [6, 6.07) is 5.09. The number of benzene rings is 1. The van der Waals surface area contributed by atoms with Crippen molar-refractivity contribution in [3.63, 3.8) is 0 Å². The highest BCUT2D eigenvalue weighted by Crippen LogP contribution is 2.28. The zero-order valence-electron chi connectivity index (χ0n) is 12.0. The van der Waals surface area contributed by atoms with E-state index in [0.29, 0.717) is 13.1 Å². The summed E-state index contributed by atoms with van der Waals surface area (Å²) in [5, 5.41) is 3.63. The van der Waals surface area contributed by atoms with E-state index < -0.39 is 10.0 Å². The van der Waals surface area contributed by atoms with E-state index in [1.54, 1.807) is 18.2 Å². The number of sulfonamides is 1. The van der Waals surface area contributed by atoms with Crippen molar-refractivity contribution in [1.29, 1.82) is 0 Å². The molecular weight excluding hydrogens is 376 g/mol. The number of nitrogens with one attached hydrogen (secondary N) is 1. The summed E-state index contributed by atoms with van der Waals surface area (Å²) < 4.78 is 27.8. The first-order chi connectivity index (χ1) is 9.95. The third-order valence-electron chi connectivity index (χ3n) is 3.70. The summed E-state index contributed by atoms with van der Waals surface area (Å²) in [7, 11) is -3.56. The number of rotatable bonds is 5. The van der Waals surface area contributed by atoms with Crippen molar-refractivity contribution in [3.8, 4) is 0 Å². The minimum Gasteiger partial charge on any atom is -0.313 e. The second-order valence-corrected chi connectivity index (χ2v) is 8.41. The van der Waals surface area contributed by atoms with Gasteiger partial charge in [-0.05, 0) is 37.6 Å². The molecule has 1 aromatic rings. The number of halogens is 2. The van der Waals surface area contributed by atoms with Crippen LogP contribution >= 0.6 is 27.5 Å². The van der Waals surface area contributed by atoms with Crippen molar-refractivity contribution in [3.05, 3.63) is 27.7 Å². The molecule has 0 aromatic heterocycles. The Hall–Kier alpha value is -0.140. The van der Waals surface area contributed by atoms with Crippen LogP contribution in [0.25, 0.3) is 0 Å². The lowest BCUT2D eigenvalue weighted by molar-refractivity contribution is 0.319. The zero-order valence-corrected chi connectivity index (χ0v) is 15.1. The summed E-state index contributed by atoms with van der Waals surface area (Å²) in [5.41, 5.74) is 0. The first-order valence-corrected chi connectivity index (χ1v) is 9.75. The SMILES string of the molecule is CCN(CC1CCCCN1)S(=O)(=O)c1ccc(Br)cc1Cl. The molecule has 1 atom stereocenters. The van der Waals surface area contributed by atoms with Crippen molar-refractivity contribution in [2.75, 3.05) is 19.6 Å². The third-order valence-corrected chi connectivity index (χ3v) is 6.62. The van der Waals surface area contributed by atoms with Crippen LogP contribution < -0.4 is 5.32 Å². The van der Waals surface area contributed by atoms with Crippen molar-refractivity contribution in [1.82, 2.24) is 9.62 Å². The molecule has 4 nitrogen and oxygen atoms in total.